The highest BCUT2D eigenvalue weighted by Gasteiger charge is 2.31. The summed E-state index contributed by atoms with van der Waals surface area (Å²) in [5.74, 6) is 3.61. The molecule has 2 heterocycles. The highest BCUT2D eigenvalue weighted by atomic mass is 32.2. The molecule has 3 rings (SSSR count). The Labute approximate surface area is 135 Å². The average molecular weight is 312 g/mol. The van der Waals surface area contributed by atoms with Gasteiger partial charge in [0.05, 0.1) is 0 Å². The highest BCUT2D eigenvalue weighted by Crippen LogP contribution is 2.28. The van der Waals surface area contributed by atoms with Crippen molar-refractivity contribution in [3.63, 3.8) is 0 Å². The molecule has 0 bridgehead atoms. The van der Waals surface area contributed by atoms with Crippen LogP contribution in [0.25, 0.3) is 0 Å². The molecule has 122 valence electrons. The standard InChI is InChI=1S/C17H33N3S/c1-15-13-18-17(16-5-3-2-4-6-16)14-20(15)8-7-19-9-11-21-12-10-19/h15-18H,2-14H2,1H3. The number of thioether (sulfide) groups is 1. The lowest BCUT2D eigenvalue weighted by Gasteiger charge is -2.43. The maximum atomic E-state index is 3.85. The Kier molecular flexibility index (Phi) is 6.28. The van der Waals surface area contributed by atoms with Gasteiger partial charge in [0.25, 0.3) is 0 Å². The lowest BCUT2D eigenvalue weighted by atomic mass is 9.82. The molecule has 2 unspecified atom stereocenters. The van der Waals surface area contributed by atoms with Crippen LogP contribution in [0.15, 0.2) is 0 Å². The molecule has 3 nitrogen and oxygen atoms in total. The summed E-state index contributed by atoms with van der Waals surface area (Å²) >= 11 is 2.11. The first kappa shape index (κ1) is 16.1. The number of nitrogens with one attached hydrogen (secondary N) is 1. The summed E-state index contributed by atoms with van der Waals surface area (Å²) in [6, 6.07) is 1.47. The second-order valence-corrected chi connectivity index (χ2v) is 8.44. The van der Waals surface area contributed by atoms with Crippen LogP contribution in [-0.4, -0.2) is 72.7 Å². The third-order valence-electron chi connectivity index (χ3n) is 5.76. The highest BCUT2D eigenvalue weighted by molar-refractivity contribution is 7.99. The van der Waals surface area contributed by atoms with Crippen LogP contribution >= 0.6 is 11.8 Å². The van der Waals surface area contributed by atoms with Crippen LogP contribution in [0.2, 0.25) is 0 Å². The van der Waals surface area contributed by atoms with Gasteiger partial charge in [-0.3, -0.25) is 4.90 Å². The van der Waals surface area contributed by atoms with E-state index in [0.717, 1.165) is 12.0 Å². The third kappa shape index (κ3) is 4.60. The molecule has 2 aliphatic heterocycles. The number of piperazine rings is 1. The number of hydrogen-bond acceptors (Lipinski definition) is 4. The molecule has 21 heavy (non-hydrogen) atoms. The van der Waals surface area contributed by atoms with Crippen molar-refractivity contribution < 1.29 is 0 Å². The summed E-state index contributed by atoms with van der Waals surface area (Å²) in [5.41, 5.74) is 0. The van der Waals surface area contributed by atoms with Gasteiger partial charge in [-0.2, -0.15) is 11.8 Å². The topological polar surface area (TPSA) is 18.5 Å². The Morgan fingerprint density at radius 3 is 2.57 bits per heavy atom. The van der Waals surface area contributed by atoms with Crippen molar-refractivity contribution in [1.82, 2.24) is 15.1 Å². The summed E-state index contributed by atoms with van der Waals surface area (Å²) in [7, 11) is 0. The minimum Gasteiger partial charge on any atom is -0.311 e. The van der Waals surface area contributed by atoms with E-state index >= 15 is 0 Å². The van der Waals surface area contributed by atoms with Crippen molar-refractivity contribution in [1.29, 1.82) is 0 Å². The predicted octanol–water partition coefficient (Wildman–Crippen LogP) is 2.28. The second-order valence-electron chi connectivity index (χ2n) is 7.21. The molecule has 3 aliphatic rings. The van der Waals surface area contributed by atoms with Gasteiger partial charge in [0.1, 0.15) is 0 Å². The maximum absolute atomic E-state index is 3.85. The van der Waals surface area contributed by atoms with Crippen molar-refractivity contribution in [3.05, 3.63) is 0 Å². The molecule has 0 amide bonds. The predicted molar refractivity (Wildman–Crippen MR) is 93.2 cm³/mol. The first-order valence-electron chi connectivity index (χ1n) is 9.10. The molecule has 0 aromatic heterocycles. The Balaban J connectivity index is 1.46. The first-order valence-corrected chi connectivity index (χ1v) is 10.3. The van der Waals surface area contributed by atoms with Gasteiger partial charge >= 0.3 is 0 Å². The molecule has 0 aromatic carbocycles. The molecule has 0 spiro atoms. The minimum absolute atomic E-state index is 0.712. The normalized spacial score (nSPS) is 34.1. The molecule has 0 aromatic rings. The van der Waals surface area contributed by atoms with E-state index in [2.05, 4.69) is 33.8 Å². The Morgan fingerprint density at radius 1 is 1.05 bits per heavy atom. The Hall–Kier alpha value is 0.230. The third-order valence-corrected chi connectivity index (χ3v) is 6.70. The summed E-state index contributed by atoms with van der Waals surface area (Å²) < 4.78 is 0. The van der Waals surface area contributed by atoms with E-state index < -0.39 is 0 Å². The molecule has 2 saturated heterocycles. The summed E-state index contributed by atoms with van der Waals surface area (Å²) in [6.45, 7) is 10.0. The Bertz CT molecular complexity index is 300. The molecule has 1 aliphatic carbocycles. The van der Waals surface area contributed by atoms with Gasteiger partial charge in [-0.25, -0.2) is 0 Å². The van der Waals surface area contributed by atoms with Crippen molar-refractivity contribution in [2.45, 2.75) is 51.1 Å². The number of rotatable bonds is 4. The van der Waals surface area contributed by atoms with Gasteiger partial charge in [-0.1, -0.05) is 19.3 Å². The first-order chi connectivity index (χ1) is 10.3. The van der Waals surface area contributed by atoms with Crippen LogP contribution in [0.3, 0.4) is 0 Å². The molecule has 1 N–H and O–H groups in total. The molecule has 3 fully saturated rings. The van der Waals surface area contributed by atoms with Gasteiger partial charge < -0.3 is 10.2 Å². The minimum atomic E-state index is 0.712. The van der Waals surface area contributed by atoms with E-state index in [4.69, 9.17) is 0 Å². The molecule has 1 saturated carbocycles. The van der Waals surface area contributed by atoms with Crippen LogP contribution in [0.1, 0.15) is 39.0 Å². The van der Waals surface area contributed by atoms with Crippen LogP contribution in [-0.2, 0) is 0 Å². The zero-order valence-corrected chi connectivity index (χ0v) is 14.5. The fourth-order valence-electron chi connectivity index (χ4n) is 4.21. The van der Waals surface area contributed by atoms with Gasteiger partial charge in [0.15, 0.2) is 0 Å². The Morgan fingerprint density at radius 2 is 1.81 bits per heavy atom. The summed E-state index contributed by atoms with van der Waals surface area (Å²) in [4.78, 5) is 5.43. The van der Waals surface area contributed by atoms with E-state index in [-0.39, 0.29) is 0 Å². The average Bonchev–Trinajstić information content (AvgIpc) is 2.56. The van der Waals surface area contributed by atoms with Crippen LogP contribution in [0, 0.1) is 5.92 Å². The van der Waals surface area contributed by atoms with E-state index in [9.17, 15) is 0 Å². The van der Waals surface area contributed by atoms with Crippen LogP contribution in [0.5, 0.6) is 0 Å². The van der Waals surface area contributed by atoms with Crippen LogP contribution in [0.4, 0.5) is 0 Å². The van der Waals surface area contributed by atoms with E-state index in [1.54, 1.807) is 0 Å². The fourth-order valence-corrected chi connectivity index (χ4v) is 5.19. The number of nitrogens with zero attached hydrogens (tertiary/aromatic N) is 2. The quantitative estimate of drug-likeness (QED) is 0.858. The van der Waals surface area contributed by atoms with Gasteiger partial charge in [0.2, 0.25) is 0 Å². The largest absolute Gasteiger partial charge is 0.311 e. The van der Waals surface area contributed by atoms with E-state index in [1.165, 1.54) is 82.9 Å². The van der Waals surface area contributed by atoms with Crippen molar-refractivity contribution in [3.8, 4) is 0 Å². The van der Waals surface area contributed by atoms with Crippen molar-refractivity contribution >= 4 is 11.8 Å². The second kappa shape index (κ2) is 8.19. The van der Waals surface area contributed by atoms with Crippen molar-refractivity contribution in [2.75, 3.05) is 50.8 Å². The van der Waals surface area contributed by atoms with Gasteiger partial charge in [-0.15, -0.1) is 0 Å². The maximum Gasteiger partial charge on any atom is 0.0224 e. The molecular formula is C17H33N3S. The van der Waals surface area contributed by atoms with E-state index in [0.29, 0.717) is 6.04 Å². The zero-order valence-electron chi connectivity index (χ0n) is 13.7. The van der Waals surface area contributed by atoms with E-state index in [1.807, 2.05) is 0 Å². The molecule has 0 radical (unpaired) electrons. The smallest absolute Gasteiger partial charge is 0.0224 e. The SMILES string of the molecule is CC1CNC(C2CCCCC2)CN1CCN1CCSCC1. The molecule has 2 atom stereocenters. The molecule has 4 heteroatoms. The van der Waals surface area contributed by atoms with Gasteiger partial charge in [0, 0.05) is 62.9 Å². The monoisotopic (exact) mass is 311 g/mol. The summed E-state index contributed by atoms with van der Waals surface area (Å²) in [5, 5.41) is 3.85. The lowest BCUT2D eigenvalue weighted by molar-refractivity contribution is 0.0932. The number of hydrogen-bond donors (Lipinski definition) is 1. The zero-order chi connectivity index (χ0) is 14.5. The fraction of sp³-hybridized carbons (Fsp3) is 1.00. The van der Waals surface area contributed by atoms with Crippen LogP contribution < -0.4 is 5.32 Å². The van der Waals surface area contributed by atoms with Crippen molar-refractivity contribution in [2.24, 2.45) is 5.92 Å². The molecular weight excluding hydrogens is 278 g/mol. The summed E-state index contributed by atoms with van der Waals surface area (Å²) in [6.07, 6.45) is 7.32. The lowest BCUT2D eigenvalue weighted by Crippen LogP contribution is -2.59. The van der Waals surface area contributed by atoms with Gasteiger partial charge in [-0.05, 0) is 25.7 Å².